The predicted octanol–water partition coefficient (Wildman–Crippen LogP) is 1.81. The number of hydrogen-bond donors (Lipinski definition) is 1. The van der Waals surface area contributed by atoms with Crippen LogP contribution in [-0.2, 0) is 11.2 Å². The first kappa shape index (κ1) is 12.1. The smallest absolute Gasteiger partial charge is 0.234 e. The molecule has 0 spiro atoms. The molecule has 1 heterocycles. The summed E-state index contributed by atoms with van der Waals surface area (Å²) in [6, 6.07) is 11.7. The van der Waals surface area contributed by atoms with Crippen LogP contribution in [0.2, 0.25) is 0 Å². The number of nitriles is 1. The third kappa shape index (κ3) is 2.83. The Hall–Kier alpha value is -2.41. The van der Waals surface area contributed by atoms with Gasteiger partial charge in [0.05, 0.1) is 11.6 Å². The van der Waals surface area contributed by atoms with Crippen molar-refractivity contribution >= 4 is 16.8 Å². The number of aromatic nitrogens is 1. The van der Waals surface area contributed by atoms with Gasteiger partial charge in [-0.25, -0.2) is 0 Å². The second-order valence-corrected chi connectivity index (χ2v) is 3.93. The topological polar surface area (TPSA) is 65.8 Å². The van der Waals surface area contributed by atoms with Crippen LogP contribution in [0.4, 0.5) is 0 Å². The maximum Gasteiger partial charge on any atom is 0.234 e. The zero-order chi connectivity index (χ0) is 12.8. The fourth-order valence-electron chi connectivity index (χ4n) is 1.84. The van der Waals surface area contributed by atoms with Gasteiger partial charge < -0.3 is 5.32 Å². The number of nitrogens with zero attached hydrogens (tertiary/aromatic N) is 2. The molecule has 0 aliphatic rings. The van der Waals surface area contributed by atoms with Crippen molar-refractivity contribution in [2.24, 2.45) is 0 Å². The Bertz CT molecular complexity index is 596. The lowest BCUT2D eigenvalue weighted by Crippen LogP contribution is -2.24. The van der Waals surface area contributed by atoms with E-state index in [1.807, 2.05) is 36.4 Å². The van der Waals surface area contributed by atoms with E-state index in [0.29, 0.717) is 13.0 Å². The molecule has 0 aliphatic heterocycles. The molecule has 0 fully saturated rings. The molecular formula is C14H13N3O. The Morgan fingerprint density at radius 3 is 3.00 bits per heavy atom. The lowest BCUT2D eigenvalue weighted by atomic mass is 10.1. The Balaban J connectivity index is 2.04. The molecule has 4 nitrogen and oxygen atoms in total. The summed E-state index contributed by atoms with van der Waals surface area (Å²) in [5.74, 6) is -0.231. The van der Waals surface area contributed by atoms with Crippen LogP contribution in [0.25, 0.3) is 10.9 Å². The van der Waals surface area contributed by atoms with Crippen LogP contribution in [0.3, 0.4) is 0 Å². The third-order valence-corrected chi connectivity index (χ3v) is 2.67. The van der Waals surface area contributed by atoms with Crippen molar-refractivity contribution in [1.82, 2.24) is 10.3 Å². The second-order valence-electron chi connectivity index (χ2n) is 3.93. The summed E-state index contributed by atoms with van der Waals surface area (Å²) >= 11 is 0. The normalized spacial score (nSPS) is 9.94. The molecule has 1 aromatic carbocycles. The number of carbonyl (C=O) groups is 1. The number of para-hydroxylation sites is 1. The van der Waals surface area contributed by atoms with E-state index in [2.05, 4.69) is 10.3 Å². The van der Waals surface area contributed by atoms with Gasteiger partial charge in [0.2, 0.25) is 5.91 Å². The van der Waals surface area contributed by atoms with Gasteiger partial charge in [-0.2, -0.15) is 5.26 Å². The molecule has 1 amide bonds. The molecule has 0 atom stereocenters. The van der Waals surface area contributed by atoms with Gasteiger partial charge in [-0.15, -0.1) is 0 Å². The van der Waals surface area contributed by atoms with E-state index in [1.165, 1.54) is 0 Å². The maximum atomic E-state index is 11.1. The molecule has 1 aromatic heterocycles. The molecule has 0 saturated heterocycles. The number of benzene rings is 1. The van der Waals surface area contributed by atoms with Crippen molar-refractivity contribution in [3.63, 3.8) is 0 Å². The largest absolute Gasteiger partial charge is 0.355 e. The van der Waals surface area contributed by atoms with E-state index >= 15 is 0 Å². The number of fused-ring (bicyclic) bond motifs is 1. The van der Waals surface area contributed by atoms with Gasteiger partial charge in [0, 0.05) is 18.1 Å². The van der Waals surface area contributed by atoms with Crippen molar-refractivity contribution in [1.29, 1.82) is 5.26 Å². The first-order valence-electron chi connectivity index (χ1n) is 5.77. The molecule has 2 aromatic rings. The van der Waals surface area contributed by atoms with Crippen LogP contribution in [-0.4, -0.2) is 17.4 Å². The van der Waals surface area contributed by atoms with Crippen molar-refractivity contribution in [2.75, 3.05) is 6.54 Å². The lowest BCUT2D eigenvalue weighted by Gasteiger charge is -2.06. The van der Waals surface area contributed by atoms with Crippen LogP contribution in [0.1, 0.15) is 12.0 Å². The number of nitrogens with one attached hydrogen (secondary N) is 1. The molecular weight excluding hydrogens is 226 g/mol. The highest BCUT2D eigenvalue weighted by atomic mass is 16.1. The number of carbonyl (C=O) groups excluding carboxylic acids is 1. The summed E-state index contributed by atoms with van der Waals surface area (Å²) < 4.78 is 0. The average Bonchev–Trinajstić information content (AvgIpc) is 2.39. The summed E-state index contributed by atoms with van der Waals surface area (Å²) in [7, 11) is 0. The van der Waals surface area contributed by atoms with Gasteiger partial charge in [-0.3, -0.25) is 9.78 Å². The maximum absolute atomic E-state index is 11.1. The van der Waals surface area contributed by atoms with E-state index in [1.54, 1.807) is 6.20 Å². The Kier molecular flexibility index (Phi) is 3.87. The molecule has 90 valence electrons. The van der Waals surface area contributed by atoms with Gasteiger partial charge in [-0.1, -0.05) is 24.3 Å². The van der Waals surface area contributed by atoms with Crippen molar-refractivity contribution in [3.05, 3.63) is 42.1 Å². The highest BCUT2D eigenvalue weighted by Crippen LogP contribution is 2.15. The summed E-state index contributed by atoms with van der Waals surface area (Å²) in [6.45, 7) is 0.524. The molecule has 0 saturated carbocycles. The zero-order valence-corrected chi connectivity index (χ0v) is 9.89. The van der Waals surface area contributed by atoms with E-state index in [9.17, 15) is 4.79 Å². The quantitative estimate of drug-likeness (QED) is 0.884. The van der Waals surface area contributed by atoms with Gasteiger partial charge in [0.1, 0.15) is 6.42 Å². The summed E-state index contributed by atoms with van der Waals surface area (Å²) in [5.41, 5.74) is 2.07. The van der Waals surface area contributed by atoms with Gasteiger partial charge in [-0.05, 0) is 18.1 Å². The van der Waals surface area contributed by atoms with Crippen LogP contribution in [0.5, 0.6) is 0 Å². The van der Waals surface area contributed by atoms with E-state index < -0.39 is 0 Å². The van der Waals surface area contributed by atoms with E-state index in [-0.39, 0.29) is 12.3 Å². The predicted molar refractivity (Wildman–Crippen MR) is 68.7 cm³/mol. The molecule has 2 rings (SSSR count). The first-order chi connectivity index (χ1) is 8.81. The fraction of sp³-hybridized carbons (Fsp3) is 0.214. The number of rotatable bonds is 4. The number of hydrogen-bond acceptors (Lipinski definition) is 3. The Morgan fingerprint density at radius 2 is 2.17 bits per heavy atom. The Labute approximate surface area is 105 Å². The minimum atomic E-state index is -0.231. The highest BCUT2D eigenvalue weighted by molar-refractivity contribution is 5.81. The van der Waals surface area contributed by atoms with E-state index in [0.717, 1.165) is 16.5 Å². The SMILES string of the molecule is N#CCC(=O)NCCc1cccc2cccnc12. The molecule has 0 aliphatic carbocycles. The zero-order valence-electron chi connectivity index (χ0n) is 9.89. The highest BCUT2D eigenvalue weighted by Gasteiger charge is 2.03. The molecule has 0 radical (unpaired) electrons. The standard InChI is InChI=1S/C14H13N3O/c15-8-6-13(18)16-10-7-12-4-1-3-11-5-2-9-17-14(11)12/h1-5,9H,6-7,10H2,(H,16,18). The molecule has 1 N–H and O–H groups in total. The van der Waals surface area contributed by atoms with Gasteiger partial charge in [0.25, 0.3) is 0 Å². The summed E-state index contributed by atoms with van der Waals surface area (Å²) in [4.78, 5) is 15.5. The second kappa shape index (κ2) is 5.78. The number of amides is 1. The van der Waals surface area contributed by atoms with Crippen LogP contribution in [0.15, 0.2) is 36.5 Å². The molecule has 18 heavy (non-hydrogen) atoms. The third-order valence-electron chi connectivity index (χ3n) is 2.67. The monoisotopic (exact) mass is 239 g/mol. The van der Waals surface area contributed by atoms with Crippen molar-refractivity contribution in [3.8, 4) is 6.07 Å². The van der Waals surface area contributed by atoms with Gasteiger partial charge in [0.15, 0.2) is 0 Å². The summed E-state index contributed by atoms with van der Waals surface area (Å²) in [5, 5.41) is 12.2. The van der Waals surface area contributed by atoms with Crippen molar-refractivity contribution in [2.45, 2.75) is 12.8 Å². The number of pyridine rings is 1. The fourth-order valence-corrected chi connectivity index (χ4v) is 1.84. The van der Waals surface area contributed by atoms with E-state index in [4.69, 9.17) is 5.26 Å². The van der Waals surface area contributed by atoms with Crippen molar-refractivity contribution < 1.29 is 4.79 Å². The van der Waals surface area contributed by atoms with Crippen LogP contribution < -0.4 is 5.32 Å². The molecule has 0 bridgehead atoms. The minimum absolute atomic E-state index is 0.0895. The average molecular weight is 239 g/mol. The lowest BCUT2D eigenvalue weighted by molar-refractivity contribution is -0.120. The van der Waals surface area contributed by atoms with Gasteiger partial charge >= 0.3 is 0 Å². The Morgan fingerprint density at radius 1 is 1.33 bits per heavy atom. The van der Waals surface area contributed by atoms with Crippen LogP contribution >= 0.6 is 0 Å². The summed E-state index contributed by atoms with van der Waals surface area (Å²) in [6.07, 6.45) is 2.39. The van der Waals surface area contributed by atoms with Crippen LogP contribution in [0, 0.1) is 11.3 Å². The molecule has 0 unspecified atom stereocenters. The first-order valence-corrected chi connectivity index (χ1v) is 5.77. The molecule has 4 heteroatoms. The minimum Gasteiger partial charge on any atom is -0.355 e.